The summed E-state index contributed by atoms with van der Waals surface area (Å²) >= 11 is 1.03. The van der Waals surface area contributed by atoms with Crippen molar-refractivity contribution in [3.05, 3.63) is 46.0 Å². The molecule has 0 radical (unpaired) electrons. The molecule has 0 amide bonds. The van der Waals surface area contributed by atoms with Crippen LogP contribution in [0.1, 0.15) is 12.5 Å². The van der Waals surface area contributed by atoms with Gasteiger partial charge in [0.1, 0.15) is 15.0 Å². The smallest absolute Gasteiger partial charge is 0.417 e. The zero-order valence-corrected chi connectivity index (χ0v) is 19.2. The monoisotopic (exact) mass is 504 g/mol. The Morgan fingerprint density at radius 2 is 1.89 bits per heavy atom. The van der Waals surface area contributed by atoms with Crippen molar-refractivity contribution in [1.29, 1.82) is 0 Å². The minimum Gasteiger partial charge on any atom is -0.477 e. The Kier molecular flexibility index (Phi) is 5.89. The lowest BCUT2D eigenvalue weighted by atomic mass is 10.1. The summed E-state index contributed by atoms with van der Waals surface area (Å²) in [5.41, 5.74) is -0.510. The van der Waals surface area contributed by atoms with Crippen LogP contribution in [0.4, 0.5) is 24.8 Å². The number of pyridine rings is 1. The van der Waals surface area contributed by atoms with E-state index in [4.69, 9.17) is 4.74 Å². The third-order valence-electron chi connectivity index (χ3n) is 5.60. The number of nitrogens with zero attached hydrogens (tertiary/aromatic N) is 5. The average molecular weight is 504 g/mol. The highest BCUT2D eigenvalue weighted by molar-refractivity contribution is 7.25. The van der Waals surface area contributed by atoms with Gasteiger partial charge in [0, 0.05) is 43.9 Å². The number of nitro benzene ring substituents is 1. The molecule has 9 nitrogen and oxygen atoms in total. The highest BCUT2D eigenvalue weighted by Crippen LogP contribution is 2.45. The van der Waals surface area contributed by atoms with E-state index in [-0.39, 0.29) is 39.6 Å². The highest BCUT2D eigenvalue weighted by Gasteiger charge is 2.36. The molecule has 3 aromatic heterocycles. The van der Waals surface area contributed by atoms with Gasteiger partial charge in [0.25, 0.3) is 5.69 Å². The molecule has 0 atom stereocenters. The van der Waals surface area contributed by atoms with E-state index in [1.165, 1.54) is 24.3 Å². The number of hydrogen-bond donors (Lipinski definition) is 1. The van der Waals surface area contributed by atoms with Gasteiger partial charge < -0.3 is 15.0 Å². The van der Waals surface area contributed by atoms with Gasteiger partial charge in [0.05, 0.1) is 28.2 Å². The number of piperazine rings is 1. The third kappa shape index (κ3) is 4.32. The van der Waals surface area contributed by atoms with Crippen LogP contribution in [0, 0.1) is 10.1 Å². The number of nitro groups is 1. The van der Waals surface area contributed by atoms with Crippen LogP contribution >= 0.6 is 11.3 Å². The fraction of sp³-hybridized carbons (Fsp3) is 0.318. The molecule has 182 valence electrons. The summed E-state index contributed by atoms with van der Waals surface area (Å²) in [5.74, 6) is 0.536. The number of aromatic nitrogens is 3. The minimum absolute atomic E-state index is 0.0551. The average Bonchev–Trinajstić information content (AvgIpc) is 3.22. The van der Waals surface area contributed by atoms with E-state index in [9.17, 15) is 23.3 Å². The first-order chi connectivity index (χ1) is 16.8. The lowest BCUT2D eigenvalue weighted by Gasteiger charge is -2.27. The van der Waals surface area contributed by atoms with Crippen molar-refractivity contribution < 1.29 is 22.8 Å². The van der Waals surface area contributed by atoms with Gasteiger partial charge in [-0.25, -0.2) is 9.97 Å². The molecular weight excluding hydrogens is 485 g/mol. The van der Waals surface area contributed by atoms with Crippen LogP contribution < -0.4 is 15.0 Å². The van der Waals surface area contributed by atoms with E-state index in [2.05, 4.69) is 20.3 Å². The Balaban J connectivity index is 1.75. The largest absolute Gasteiger partial charge is 0.477 e. The number of rotatable bonds is 5. The van der Waals surface area contributed by atoms with Crippen LogP contribution in [0.25, 0.3) is 31.7 Å². The molecule has 1 aromatic carbocycles. The van der Waals surface area contributed by atoms with Gasteiger partial charge in [0.2, 0.25) is 11.8 Å². The van der Waals surface area contributed by atoms with Crippen LogP contribution in [-0.2, 0) is 6.18 Å². The van der Waals surface area contributed by atoms with Gasteiger partial charge in [0.15, 0.2) is 0 Å². The van der Waals surface area contributed by atoms with Crippen LogP contribution in [-0.4, -0.2) is 52.7 Å². The quantitative estimate of drug-likeness (QED) is 0.310. The number of anilines is 1. The predicted molar refractivity (Wildman–Crippen MR) is 126 cm³/mol. The lowest BCUT2D eigenvalue weighted by molar-refractivity contribution is -0.384. The van der Waals surface area contributed by atoms with Gasteiger partial charge in [-0.15, -0.1) is 11.3 Å². The second-order valence-corrected chi connectivity index (χ2v) is 8.81. The molecule has 35 heavy (non-hydrogen) atoms. The van der Waals surface area contributed by atoms with Crippen molar-refractivity contribution in [3.63, 3.8) is 0 Å². The van der Waals surface area contributed by atoms with E-state index in [1.807, 2.05) is 4.90 Å². The van der Waals surface area contributed by atoms with E-state index in [1.54, 1.807) is 6.92 Å². The van der Waals surface area contributed by atoms with Crippen molar-refractivity contribution in [2.45, 2.75) is 13.1 Å². The summed E-state index contributed by atoms with van der Waals surface area (Å²) in [5, 5.41) is 14.1. The van der Waals surface area contributed by atoms with Crippen molar-refractivity contribution >= 4 is 43.4 Å². The standard InChI is InChI=1S/C22H19F3N6O3S/c1-2-34-19-18-17(28-21(29-19)30-9-7-26-8-10-30)16-14(22(23,24)25)11-15(27-20(16)35-18)12-3-5-13(6-4-12)31(32)33/h3-6,11,26H,2,7-10H2,1H3. The van der Waals surface area contributed by atoms with Crippen LogP contribution in [0.3, 0.4) is 0 Å². The molecule has 1 aliphatic rings. The normalized spacial score (nSPS) is 14.6. The molecule has 0 saturated carbocycles. The zero-order valence-electron chi connectivity index (χ0n) is 18.4. The van der Waals surface area contributed by atoms with Gasteiger partial charge >= 0.3 is 6.18 Å². The number of benzene rings is 1. The van der Waals surface area contributed by atoms with E-state index < -0.39 is 16.7 Å². The summed E-state index contributed by atoms with van der Waals surface area (Å²) in [6.45, 7) is 4.72. The van der Waals surface area contributed by atoms with Crippen molar-refractivity contribution in [1.82, 2.24) is 20.3 Å². The fourth-order valence-electron chi connectivity index (χ4n) is 3.97. The summed E-state index contributed by atoms with van der Waals surface area (Å²) in [7, 11) is 0. The molecule has 1 N–H and O–H groups in total. The van der Waals surface area contributed by atoms with E-state index >= 15 is 0 Å². The van der Waals surface area contributed by atoms with Crippen LogP contribution in [0.15, 0.2) is 30.3 Å². The number of fused-ring (bicyclic) bond motifs is 3. The zero-order chi connectivity index (χ0) is 24.7. The third-order valence-corrected chi connectivity index (χ3v) is 6.67. The van der Waals surface area contributed by atoms with Gasteiger partial charge in [-0.3, -0.25) is 10.1 Å². The Bertz CT molecular complexity index is 1420. The summed E-state index contributed by atoms with van der Waals surface area (Å²) < 4.78 is 48.9. The molecule has 4 heterocycles. The Hall–Kier alpha value is -3.58. The number of thiophene rings is 1. The number of ether oxygens (including phenoxy) is 1. The summed E-state index contributed by atoms with van der Waals surface area (Å²) in [6.07, 6.45) is -4.68. The Labute approximate surface area is 200 Å². The number of nitrogens with one attached hydrogen (secondary N) is 1. The molecule has 1 saturated heterocycles. The van der Waals surface area contributed by atoms with E-state index in [0.717, 1.165) is 17.4 Å². The molecule has 4 aromatic rings. The Morgan fingerprint density at radius 3 is 2.51 bits per heavy atom. The first-order valence-corrected chi connectivity index (χ1v) is 11.6. The molecule has 0 bridgehead atoms. The first-order valence-electron chi connectivity index (χ1n) is 10.8. The Morgan fingerprint density at radius 1 is 1.17 bits per heavy atom. The summed E-state index contributed by atoms with van der Waals surface area (Å²) in [4.78, 5) is 25.9. The maximum atomic E-state index is 14.3. The molecule has 0 spiro atoms. The summed E-state index contributed by atoms with van der Waals surface area (Å²) in [6, 6.07) is 6.19. The molecule has 0 aliphatic carbocycles. The maximum absolute atomic E-state index is 14.3. The van der Waals surface area contributed by atoms with Gasteiger partial charge in [-0.1, -0.05) is 0 Å². The topological polar surface area (TPSA) is 106 Å². The second-order valence-electron chi connectivity index (χ2n) is 7.82. The lowest BCUT2D eigenvalue weighted by Crippen LogP contribution is -2.44. The van der Waals surface area contributed by atoms with Crippen LogP contribution in [0.2, 0.25) is 0 Å². The fourth-order valence-corrected chi connectivity index (χ4v) is 5.05. The van der Waals surface area contributed by atoms with Gasteiger partial charge in [-0.05, 0) is 25.1 Å². The predicted octanol–water partition coefficient (Wildman–Crippen LogP) is 4.64. The molecule has 1 aliphatic heterocycles. The van der Waals surface area contributed by atoms with Crippen LogP contribution in [0.5, 0.6) is 5.88 Å². The number of alkyl halides is 3. The minimum atomic E-state index is -4.68. The van der Waals surface area contributed by atoms with Crippen molar-refractivity contribution in [3.8, 4) is 17.1 Å². The SMILES string of the molecule is CCOc1nc(N2CCNCC2)nc2c1sc1nc(-c3ccc([N+](=O)[O-])cc3)cc(C(F)(F)F)c12. The number of non-ortho nitro benzene ring substituents is 1. The molecule has 13 heteroatoms. The molecule has 1 fully saturated rings. The molecule has 0 unspecified atom stereocenters. The van der Waals surface area contributed by atoms with Gasteiger partial charge in [-0.2, -0.15) is 18.2 Å². The van der Waals surface area contributed by atoms with Crippen molar-refractivity contribution in [2.24, 2.45) is 0 Å². The number of hydrogen-bond acceptors (Lipinski definition) is 9. The van der Waals surface area contributed by atoms with E-state index in [0.29, 0.717) is 42.4 Å². The second kappa shape index (κ2) is 8.89. The molecule has 5 rings (SSSR count). The number of halogens is 3. The highest BCUT2D eigenvalue weighted by atomic mass is 32.1. The first kappa shape index (κ1) is 23.2. The van der Waals surface area contributed by atoms with Crippen molar-refractivity contribution in [2.75, 3.05) is 37.7 Å². The maximum Gasteiger partial charge on any atom is 0.417 e. The molecular formula is C22H19F3N6O3S.